The number of carbonyl (C=O) groups excluding carboxylic acids is 1. The first-order valence-corrected chi connectivity index (χ1v) is 11.2. The van der Waals surface area contributed by atoms with Crippen molar-refractivity contribution in [1.82, 2.24) is 9.62 Å². The molecular formula is C21H26FN3O3S. The first-order chi connectivity index (χ1) is 13.8. The lowest BCUT2D eigenvalue weighted by Gasteiger charge is -2.35. The number of piperazine rings is 1. The molecule has 1 N–H and O–H groups in total. The van der Waals surface area contributed by atoms with Gasteiger partial charge >= 0.3 is 0 Å². The van der Waals surface area contributed by atoms with Gasteiger partial charge in [0.1, 0.15) is 5.82 Å². The van der Waals surface area contributed by atoms with Gasteiger partial charge in [-0.15, -0.1) is 0 Å². The van der Waals surface area contributed by atoms with Crippen molar-refractivity contribution >= 4 is 21.6 Å². The molecule has 0 unspecified atom stereocenters. The third kappa shape index (κ3) is 5.33. The maximum atomic E-state index is 13.1. The van der Waals surface area contributed by atoms with Gasteiger partial charge in [0.05, 0.1) is 5.75 Å². The average molecular weight is 420 g/mol. The second-order valence-corrected chi connectivity index (χ2v) is 9.32. The summed E-state index contributed by atoms with van der Waals surface area (Å²) in [4.78, 5) is 14.3. The van der Waals surface area contributed by atoms with Crippen LogP contribution in [0.4, 0.5) is 10.1 Å². The van der Waals surface area contributed by atoms with E-state index in [2.05, 4.69) is 5.32 Å². The molecule has 0 radical (unpaired) electrons. The van der Waals surface area contributed by atoms with Gasteiger partial charge in [-0.2, -0.15) is 4.31 Å². The Kier molecular flexibility index (Phi) is 6.54. The smallest absolute Gasteiger partial charge is 0.251 e. The van der Waals surface area contributed by atoms with Crippen LogP contribution in [0.25, 0.3) is 0 Å². The fourth-order valence-corrected chi connectivity index (χ4v) is 4.62. The topological polar surface area (TPSA) is 69.7 Å². The molecule has 1 aliphatic rings. The monoisotopic (exact) mass is 419 g/mol. The van der Waals surface area contributed by atoms with E-state index >= 15 is 0 Å². The largest absolute Gasteiger partial charge is 0.369 e. The molecular weight excluding hydrogens is 393 g/mol. The Hall–Kier alpha value is -2.45. The Balaban J connectivity index is 1.49. The van der Waals surface area contributed by atoms with Crippen LogP contribution in [0.5, 0.6) is 0 Å². The van der Waals surface area contributed by atoms with E-state index < -0.39 is 10.0 Å². The molecule has 156 valence electrons. The number of carbonyl (C=O) groups is 1. The predicted octanol–water partition coefficient (Wildman–Crippen LogP) is 2.32. The zero-order chi connectivity index (χ0) is 21.0. The number of hydrogen-bond acceptors (Lipinski definition) is 4. The molecule has 1 saturated heterocycles. The molecule has 0 spiro atoms. The van der Waals surface area contributed by atoms with Gasteiger partial charge in [-0.25, -0.2) is 12.8 Å². The molecule has 8 heteroatoms. The summed E-state index contributed by atoms with van der Waals surface area (Å²) < 4.78 is 39.7. The number of halogens is 1. The normalized spacial score (nSPS) is 15.3. The van der Waals surface area contributed by atoms with Crippen LogP contribution >= 0.6 is 0 Å². The number of amides is 1. The fourth-order valence-electron chi connectivity index (χ4n) is 3.28. The molecule has 1 amide bonds. The Morgan fingerprint density at radius 2 is 1.66 bits per heavy atom. The minimum absolute atomic E-state index is 0.0618. The van der Waals surface area contributed by atoms with E-state index in [0.717, 1.165) is 16.8 Å². The number of benzene rings is 2. The second-order valence-electron chi connectivity index (χ2n) is 7.23. The molecule has 1 fully saturated rings. The van der Waals surface area contributed by atoms with Crippen LogP contribution in [0.1, 0.15) is 21.5 Å². The van der Waals surface area contributed by atoms with E-state index in [-0.39, 0.29) is 24.0 Å². The SMILES string of the molecule is Cc1ccc(C(=O)NCCS(=O)(=O)N2CCN(c3ccc(F)cc3)CC2)cc1C. The van der Waals surface area contributed by atoms with E-state index in [4.69, 9.17) is 0 Å². The highest BCUT2D eigenvalue weighted by molar-refractivity contribution is 7.89. The minimum Gasteiger partial charge on any atom is -0.369 e. The van der Waals surface area contributed by atoms with Gasteiger partial charge in [0.2, 0.25) is 10.0 Å². The van der Waals surface area contributed by atoms with E-state index in [1.807, 2.05) is 24.8 Å². The van der Waals surface area contributed by atoms with Crippen molar-refractivity contribution in [2.75, 3.05) is 43.4 Å². The molecule has 1 heterocycles. The zero-order valence-electron chi connectivity index (χ0n) is 16.7. The Bertz CT molecular complexity index is 969. The number of rotatable bonds is 6. The molecule has 0 bridgehead atoms. The quantitative estimate of drug-likeness (QED) is 0.780. The van der Waals surface area contributed by atoms with Crippen molar-refractivity contribution in [3.05, 3.63) is 65.0 Å². The van der Waals surface area contributed by atoms with E-state index in [9.17, 15) is 17.6 Å². The van der Waals surface area contributed by atoms with Crippen LogP contribution in [0, 0.1) is 19.7 Å². The first-order valence-electron chi connectivity index (χ1n) is 9.60. The summed E-state index contributed by atoms with van der Waals surface area (Å²) in [6.45, 7) is 5.78. The van der Waals surface area contributed by atoms with Gasteiger partial charge in [0.15, 0.2) is 0 Å². The predicted molar refractivity (Wildman–Crippen MR) is 112 cm³/mol. The fraction of sp³-hybridized carbons (Fsp3) is 0.381. The summed E-state index contributed by atoms with van der Waals surface area (Å²) in [6, 6.07) is 11.6. The van der Waals surface area contributed by atoms with E-state index in [0.29, 0.717) is 31.7 Å². The Morgan fingerprint density at radius 3 is 2.28 bits per heavy atom. The molecule has 2 aromatic carbocycles. The highest BCUT2D eigenvalue weighted by atomic mass is 32.2. The number of hydrogen-bond donors (Lipinski definition) is 1. The number of nitrogens with zero attached hydrogens (tertiary/aromatic N) is 2. The van der Waals surface area contributed by atoms with E-state index in [1.165, 1.54) is 16.4 Å². The van der Waals surface area contributed by atoms with Gasteiger partial charge in [0, 0.05) is 44.0 Å². The number of aryl methyl sites for hydroxylation is 2. The molecule has 0 saturated carbocycles. The van der Waals surface area contributed by atoms with Crippen molar-refractivity contribution in [2.24, 2.45) is 0 Å². The van der Waals surface area contributed by atoms with Crippen LogP contribution in [-0.2, 0) is 10.0 Å². The lowest BCUT2D eigenvalue weighted by atomic mass is 10.1. The maximum absolute atomic E-state index is 13.1. The van der Waals surface area contributed by atoms with Gasteiger partial charge in [-0.05, 0) is 61.4 Å². The summed E-state index contributed by atoms with van der Waals surface area (Å²) in [5, 5.41) is 2.69. The van der Waals surface area contributed by atoms with Crippen molar-refractivity contribution in [3.63, 3.8) is 0 Å². The maximum Gasteiger partial charge on any atom is 0.251 e. The van der Waals surface area contributed by atoms with E-state index in [1.54, 1.807) is 24.3 Å². The molecule has 29 heavy (non-hydrogen) atoms. The Morgan fingerprint density at radius 1 is 1.00 bits per heavy atom. The van der Waals surface area contributed by atoms with Crippen molar-refractivity contribution in [2.45, 2.75) is 13.8 Å². The van der Waals surface area contributed by atoms with Crippen molar-refractivity contribution in [3.8, 4) is 0 Å². The van der Waals surface area contributed by atoms with Gasteiger partial charge in [-0.3, -0.25) is 4.79 Å². The van der Waals surface area contributed by atoms with Gasteiger partial charge in [-0.1, -0.05) is 6.07 Å². The van der Waals surface area contributed by atoms with Crippen LogP contribution in [0.15, 0.2) is 42.5 Å². The highest BCUT2D eigenvalue weighted by Gasteiger charge is 2.27. The molecule has 0 aromatic heterocycles. The van der Waals surface area contributed by atoms with Crippen LogP contribution < -0.4 is 10.2 Å². The summed E-state index contributed by atoms with van der Waals surface area (Å²) in [7, 11) is -3.46. The summed E-state index contributed by atoms with van der Waals surface area (Å²) in [5.41, 5.74) is 3.52. The van der Waals surface area contributed by atoms with Crippen molar-refractivity contribution in [1.29, 1.82) is 0 Å². The summed E-state index contributed by atoms with van der Waals surface area (Å²) >= 11 is 0. The summed E-state index contributed by atoms with van der Waals surface area (Å²) in [5.74, 6) is -0.706. The zero-order valence-corrected chi connectivity index (χ0v) is 17.5. The third-order valence-corrected chi connectivity index (χ3v) is 7.11. The third-order valence-electron chi connectivity index (χ3n) is 5.24. The molecule has 2 aromatic rings. The highest BCUT2D eigenvalue weighted by Crippen LogP contribution is 2.18. The Labute approximate surface area is 171 Å². The molecule has 3 rings (SSSR count). The molecule has 0 atom stereocenters. The standard InChI is InChI=1S/C21H26FN3O3S/c1-16-3-4-18(15-17(16)2)21(26)23-9-14-29(27,28)25-12-10-24(11-13-25)20-7-5-19(22)6-8-20/h3-8,15H,9-14H2,1-2H3,(H,23,26). The van der Waals surface area contributed by atoms with Crippen molar-refractivity contribution < 1.29 is 17.6 Å². The average Bonchev–Trinajstić information content (AvgIpc) is 2.70. The van der Waals surface area contributed by atoms with Crippen LogP contribution in [-0.4, -0.2) is 57.1 Å². The second kappa shape index (κ2) is 8.92. The summed E-state index contributed by atoms with van der Waals surface area (Å²) in [6.07, 6.45) is 0. The van der Waals surface area contributed by atoms with Crippen LogP contribution in [0.3, 0.4) is 0 Å². The number of anilines is 1. The molecule has 0 aliphatic carbocycles. The van der Waals surface area contributed by atoms with Gasteiger partial charge in [0.25, 0.3) is 5.91 Å². The molecule has 6 nitrogen and oxygen atoms in total. The first kappa shape index (κ1) is 21.3. The van der Waals surface area contributed by atoms with Gasteiger partial charge < -0.3 is 10.2 Å². The lowest BCUT2D eigenvalue weighted by Crippen LogP contribution is -2.50. The number of nitrogens with one attached hydrogen (secondary N) is 1. The molecule has 1 aliphatic heterocycles. The number of sulfonamides is 1. The minimum atomic E-state index is -3.46. The lowest BCUT2D eigenvalue weighted by molar-refractivity contribution is 0.0956. The van der Waals surface area contributed by atoms with Crippen LogP contribution in [0.2, 0.25) is 0 Å².